The van der Waals surface area contributed by atoms with Crippen molar-refractivity contribution in [1.82, 2.24) is 0 Å². The summed E-state index contributed by atoms with van der Waals surface area (Å²) in [6.07, 6.45) is 4.96. The lowest BCUT2D eigenvalue weighted by atomic mass is 9.95. The van der Waals surface area contributed by atoms with Gasteiger partial charge in [-0.2, -0.15) is 0 Å². The van der Waals surface area contributed by atoms with Gasteiger partial charge in [0, 0.05) is 4.88 Å². The first kappa shape index (κ1) is 14.4. The maximum Gasteiger partial charge on any atom is 0.349 e. The van der Waals surface area contributed by atoms with Crippen LogP contribution in [0.1, 0.15) is 61.0 Å². The summed E-state index contributed by atoms with van der Waals surface area (Å²) in [5, 5.41) is 9.27. The number of carboxylic acids is 1. The third-order valence-electron chi connectivity index (χ3n) is 3.58. The van der Waals surface area contributed by atoms with Gasteiger partial charge in [-0.25, -0.2) is 4.79 Å². The Bertz CT molecular complexity index is 450. The van der Waals surface area contributed by atoms with Gasteiger partial charge in [0.2, 0.25) is 0 Å². The first-order chi connectivity index (χ1) is 8.88. The Hall–Kier alpha value is -1.03. The molecule has 0 saturated heterocycles. The van der Waals surface area contributed by atoms with Gasteiger partial charge in [0.1, 0.15) is 5.75 Å². The molecule has 1 fully saturated rings. The van der Waals surface area contributed by atoms with Gasteiger partial charge in [-0.1, -0.05) is 33.6 Å². The predicted octanol–water partition coefficient (Wildman–Crippen LogP) is 4.31. The molecule has 1 saturated carbocycles. The summed E-state index contributed by atoms with van der Waals surface area (Å²) in [6.45, 7) is 6.92. The number of carbonyl (C=O) groups is 1. The van der Waals surface area contributed by atoms with Crippen LogP contribution in [0.2, 0.25) is 0 Å². The fraction of sp³-hybridized carbons (Fsp3) is 0.667. The van der Waals surface area contributed by atoms with Gasteiger partial charge in [-0.15, -0.1) is 11.3 Å². The molecular formula is C15H22O3S. The van der Waals surface area contributed by atoms with Crippen molar-refractivity contribution in [1.29, 1.82) is 0 Å². The largest absolute Gasteiger partial charge is 0.491 e. The van der Waals surface area contributed by atoms with E-state index in [0.29, 0.717) is 23.2 Å². The quantitative estimate of drug-likeness (QED) is 0.895. The van der Waals surface area contributed by atoms with Gasteiger partial charge >= 0.3 is 5.97 Å². The molecule has 0 unspecified atom stereocenters. The van der Waals surface area contributed by atoms with Crippen molar-refractivity contribution in [3.63, 3.8) is 0 Å². The molecule has 2 rings (SSSR count). The summed E-state index contributed by atoms with van der Waals surface area (Å²) in [5.74, 6) is 0.260. The number of aromatic carboxylic acids is 1. The average molecular weight is 282 g/mol. The molecule has 1 heterocycles. The second kappa shape index (κ2) is 5.53. The summed E-state index contributed by atoms with van der Waals surface area (Å²) in [6, 6.07) is 1.91. The summed E-state index contributed by atoms with van der Waals surface area (Å²) in [5.41, 5.74) is -0.0379. The van der Waals surface area contributed by atoms with Crippen molar-refractivity contribution >= 4 is 17.3 Å². The van der Waals surface area contributed by atoms with E-state index in [1.54, 1.807) is 0 Å². The monoisotopic (exact) mass is 282 g/mol. The van der Waals surface area contributed by atoms with E-state index >= 15 is 0 Å². The van der Waals surface area contributed by atoms with E-state index in [0.717, 1.165) is 4.88 Å². The minimum absolute atomic E-state index is 0.0379. The lowest BCUT2D eigenvalue weighted by Crippen LogP contribution is -2.09. The molecule has 106 valence electrons. The number of hydrogen-bond acceptors (Lipinski definition) is 3. The minimum atomic E-state index is -0.887. The Balaban J connectivity index is 2.13. The number of thiophene rings is 1. The van der Waals surface area contributed by atoms with Gasteiger partial charge in [-0.05, 0) is 30.2 Å². The van der Waals surface area contributed by atoms with E-state index < -0.39 is 5.97 Å². The fourth-order valence-electron chi connectivity index (χ4n) is 2.38. The first-order valence-electron chi connectivity index (χ1n) is 6.88. The molecule has 0 atom stereocenters. The average Bonchev–Trinajstić information content (AvgIpc) is 2.94. The highest BCUT2D eigenvalue weighted by molar-refractivity contribution is 7.14. The Morgan fingerprint density at radius 1 is 1.42 bits per heavy atom. The second-order valence-corrected chi connectivity index (χ2v) is 7.37. The third kappa shape index (κ3) is 3.50. The molecule has 1 aromatic heterocycles. The van der Waals surface area contributed by atoms with Crippen LogP contribution in [-0.4, -0.2) is 17.7 Å². The molecule has 0 radical (unpaired) electrons. The van der Waals surface area contributed by atoms with Gasteiger partial charge in [0.25, 0.3) is 0 Å². The lowest BCUT2D eigenvalue weighted by molar-refractivity contribution is 0.0697. The van der Waals surface area contributed by atoms with Crippen molar-refractivity contribution in [3.8, 4) is 5.75 Å². The molecule has 1 aliphatic carbocycles. The maximum absolute atomic E-state index is 11.3. The molecule has 4 heteroatoms. The Morgan fingerprint density at radius 2 is 2.05 bits per heavy atom. The van der Waals surface area contributed by atoms with Crippen molar-refractivity contribution in [2.45, 2.75) is 51.9 Å². The van der Waals surface area contributed by atoms with Crippen LogP contribution in [0.3, 0.4) is 0 Å². The van der Waals surface area contributed by atoms with E-state index in [4.69, 9.17) is 4.74 Å². The second-order valence-electron chi connectivity index (χ2n) is 6.32. The zero-order valence-electron chi connectivity index (χ0n) is 11.9. The molecule has 0 aliphatic heterocycles. The van der Waals surface area contributed by atoms with Crippen molar-refractivity contribution in [3.05, 3.63) is 15.8 Å². The van der Waals surface area contributed by atoms with Crippen LogP contribution in [-0.2, 0) is 5.41 Å². The van der Waals surface area contributed by atoms with Gasteiger partial charge < -0.3 is 9.84 Å². The van der Waals surface area contributed by atoms with E-state index in [-0.39, 0.29) is 5.41 Å². The SMILES string of the molecule is CC(C)(C)c1cc(OCC2CCCC2)c(C(=O)O)s1. The Labute approximate surface area is 118 Å². The van der Waals surface area contributed by atoms with Gasteiger partial charge in [0.05, 0.1) is 6.61 Å². The normalized spacial score (nSPS) is 16.8. The van der Waals surface area contributed by atoms with Crippen LogP contribution in [0, 0.1) is 5.92 Å². The van der Waals surface area contributed by atoms with Crippen LogP contribution in [0.25, 0.3) is 0 Å². The molecule has 1 aliphatic rings. The van der Waals surface area contributed by atoms with Crippen molar-refractivity contribution in [2.24, 2.45) is 5.92 Å². The highest BCUT2D eigenvalue weighted by Gasteiger charge is 2.24. The molecule has 19 heavy (non-hydrogen) atoms. The minimum Gasteiger partial charge on any atom is -0.491 e. The van der Waals surface area contributed by atoms with Crippen LogP contribution in [0.15, 0.2) is 6.07 Å². The number of carboxylic acid groups (broad SMARTS) is 1. The summed E-state index contributed by atoms with van der Waals surface area (Å²) < 4.78 is 5.79. The molecule has 0 amide bonds. The summed E-state index contributed by atoms with van der Waals surface area (Å²) in [7, 11) is 0. The highest BCUT2D eigenvalue weighted by Crippen LogP contribution is 2.37. The number of hydrogen-bond donors (Lipinski definition) is 1. The molecule has 0 spiro atoms. The predicted molar refractivity (Wildman–Crippen MR) is 77.4 cm³/mol. The highest BCUT2D eigenvalue weighted by atomic mass is 32.1. The zero-order valence-corrected chi connectivity index (χ0v) is 12.7. The maximum atomic E-state index is 11.3. The molecule has 0 aromatic carbocycles. The van der Waals surface area contributed by atoms with Crippen LogP contribution < -0.4 is 4.74 Å². The van der Waals surface area contributed by atoms with E-state index in [9.17, 15) is 9.90 Å². The zero-order chi connectivity index (χ0) is 14.0. The Morgan fingerprint density at radius 3 is 2.58 bits per heavy atom. The number of ether oxygens (including phenoxy) is 1. The fourth-order valence-corrected chi connectivity index (χ4v) is 3.38. The van der Waals surface area contributed by atoms with Gasteiger partial charge in [-0.3, -0.25) is 0 Å². The molecule has 1 N–H and O–H groups in total. The molecular weight excluding hydrogens is 260 g/mol. The van der Waals surface area contributed by atoms with Crippen molar-refractivity contribution in [2.75, 3.05) is 6.61 Å². The summed E-state index contributed by atoms with van der Waals surface area (Å²) >= 11 is 1.33. The van der Waals surface area contributed by atoms with Crippen LogP contribution in [0.5, 0.6) is 5.75 Å². The topological polar surface area (TPSA) is 46.5 Å². The lowest BCUT2D eigenvalue weighted by Gasteiger charge is -2.15. The molecule has 3 nitrogen and oxygen atoms in total. The molecule has 1 aromatic rings. The van der Waals surface area contributed by atoms with Crippen LogP contribution >= 0.6 is 11.3 Å². The van der Waals surface area contributed by atoms with Crippen LogP contribution in [0.4, 0.5) is 0 Å². The standard InChI is InChI=1S/C15H22O3S/c1-15(2,3)12-8-11(13(19-12)14(16)17)18-9-10-6-4-5-7-10/h8,10H,4-7,9H2,1-3H3,(H,16,17). The first-order valence-corrected chi connectivity index (χ1v) is 7.70. The summed E-state index contributed by atoms with van der Waals surface area (Å²) in [4.78, 5) is 12.7. The van der Waals surface area contributed by atoms with Crippen molar-refractivity contribution < 1.29 is 14.6 Å². The van der Waals surface area contributed by atoms with Gasteiger partial charge in [0.15, 0.2) is 4.88 Å². The third-order valence-corrected chi connectivity index (χ3v) is 5.11. The van der Waals surface area contributed by atoms with E-state index in [1.807, 2.05) is 6.07 Å². The van der Waals surface area contributed by atoms with E-state index in [2.05, 4.69) is 20.8 Å². The Kier molecular flexibility index (Phi) is 4.19. The smallest absolute Gasteiger partial charge is 0.349 e. The number of rotatable bonds is 4. The van der Waals surface area contributed by atoms with E-state index in [1.165, 1.54) is 37.0 Å². The molecule has 0 bridgehead atoms.